The smallest absolute Gasteiger partial charge is 0.381 e. The second-order valence-electron chi connectivity index (χ2n) is 7.66. The maximum Gasteiger partial charge on any atom is 0.381 e. The Hall–Kier alpha value is -4.08. The first-order chi connectivity index (χ1) is 15.2. The summed E-state index contributed by atoms with van der Waals surface area (Å²) in [6.45, 7) is 3.47. The van der Waals surface area contributed by atoms with Gasteiger partial charge >= 0.3 is 5.49 Å². The van der Waals surface area contributed by atoms with Crippen LogP contribution in [-0.2, 0) is 9.47 Å². The number of rotatable bonds is 4. The van der Waals surface area contributed by atoms with Gasteiger partial charge in [-0.25, -0.2) is 4.98 Å². The van der Waals surface area contributed by atoms with Crippen LogP contribution in [0.5, 0.6) is 0 Å². The van der Waals surface area contributed by atoms with Crippen molar-refractivity contribution in [3.8, 4) is 0 Å². The number of hydrogen-bond donors (Lipinski definition) is 1. The SMILES string of the molecule is CC1CCCN1c1cccc(Nc2cc(C3=C=C=C4OCOC4=C3)n[n+]3c2=NC=C=3)n1. The van der Waals surface area contributed by atoms with Gasteiger partial charge in [-0.05, 0) is 47.0 Å². The Labute approximate surface area is 178 Å². The Balaban J connectivity index is 1.39. The van der Waals surface area contributed by atoms with Gasteiger partial charge in [0.05, 0.1) is 5.57 Å². The first kappa shape index (κ1) is 17.8. The maximum atomic E-state index is 5.47. The van der Waals surface area contributed by atoms with Gasteiger partial charge in [0.2, 0.25) is 18.8 Å². The molecule has 8 nitrogen and oxygen atoms in total. The third-order valence-electron chi connectivity index (χ3n) is 5.65. The fourth-order valence-electron chi connectivity index (χ4n) is 4.07. The highest BCUT2D eigenvalue weighted by Gasteiger charge is 2.23. The topological polar surface area (TPSA) is 77.8 Å². The van der Waals surface area contributed by atoms with Crippen LogP contribution in [0.25, 0.3) is 5.57 Å². The molecule has 0 spiro atoms. The summed E-state index contributed by atoms with van der Waals surface area (Å²) in [5, 5.41) is 8.02. The molecule has 0 radical (unpaired) electrons. The normalized spacial score (nSPS) is 20.0. The molecule has 152 valence electrons. The number of nitrogens with one attached hydrogen (secondary N) is 1. The van der Waals surface area contributed by atoms with Crippen LogP contribution in [-0.4, -0.2) is 29.5 Å². The molecule has 8 heteroatoms. The van der Waals surface area contributed by atoms with E-state index in [4.69, 9.17) is 14.5 Å². The number of aromatic nitrogens is 3. The summed E-state index contributed by atoms with van der Waals surface area (Å²) in [4.78, 5) is 11.6. The first-order valence-corrected chi connectivity index (χ1v) is 10.3. The molecule has 4 aliphatic rings. The van der Waals surface area contributed by atoms with Crippen molar-refractivity contribution in [3.63, 3.8) is 0 Å². The Kier molecular flexibility index (Phi) is 4.01. The summed E-state index contributed by atoms with van der Waals surface area (Å²) in [5.41, 5.74) is 8.94. The molecule has 2 aromatic heterocycles. The Bertz CT molecular complexity index is 1410. The van der Waals surface area contributed by atoms with Crippen LogP contribution >= 0.6 is 0 Å². The molecule has 2 saturated heterocycles. The van der Waals surface area contributed by atoms with E-state index in [1.807, 2.05) is 24.3 Å². The molecule has 1 unspecified atom stereocenters. The summed E-state index contributed by atoms with van der Waals surface area (Å²) < 4.78 is 12.4. The van der Waals surface area contributed by atoms with Crippen LogP contribution in [0.2, 0.25) is 0 Å². The largest absolute Gasteiger partial charge is 0.453 e. The minimum atomic E-state index is 0.190. The van der Waals surface area contributed by atoms with Gasteiger partial charge in [0.25, 0.3) is 0 Å². The van der Waals surface area contributed by atoms with Crippen molar-refractivity contribution in [2.75, 3.05) is 23.6 Å². The molecule has 0 amide bonds. The second kappa shape index (κ2) is 7.01. The van der Waals surface area contributed by atoms with Gasteiger partial charge < -0.3 is 19.7 Å². The van der Waals surface area contributed by atoms with E-state index in [2.05, 4.69) is 50.6 Å². The van der Waals surface area contributed by atoms with Crippen LogP contribution in [0.15, 0.2) is 64.5 Å². The molecule has 1 aliphatic carbocycles. The van der Waals surface area contributed by atoms with Crippen molar-refractivity contribution in [1.82, 2.24) is 10.1 Å². The van der Waals surface area contributed by atoms with Crippen LogP contribution in [0, 0.1) is 5.87 Å². The lowest BCUT2D eigenvalue weighted by molar-refractivity contribution is -0.585. The van der Waals surface area contributed by atoms with Gasteiger partial charge in [-0.15, -0.1) is 0 Å². The van der Waals surface area contributed by atoms with E-state index in [1.54, 1.807) is 10.6 Å². The molecule has 0 bridgehead atoms. The minimum Gasteiger partial charge on any atom is -0.453 e. The number of hydrogen-bond acceptors (Lipinski definition) is 7. The van der Waals surface area contributed by atoms with Crippen molar-refractivity contribution < 1.29 is 13.8 Å². The molecule has 6 rings (SSSR count). The zero-order valence-corrected chi connectivity index (χ0v) is 16.9. The molecule has 2 aromatic rings. The number of ether oxygens (including phenoxy) is 2. The Morgan fingerprint density at radius 2 is 2.23 bits per heavy atom. The van der Waals surface area contributed by atoms with Gasteiger partial charge in [0.1, 0.15) is 28.9 Å². The van der Waals surface area contributed by atoms with E-state index in [1.165, 1.54) is 12.8 Å². The third-order valence-corrected chi connectivity index (χ3v) is 5.65. The van der Waals surface area contributed by atoms with Gasteiger partial charge in [-0.2, -0.15) is 0 Å². The van der Waals surface area contributed by atoms with Crippen LogP contribution < -0.4 is 20.1 Å². The van der Waals surface area contributed by atoms with E-state index in [0.29, 0.717) is 28.7 Å². The van der Waals surface area contributed by atoms with Crippen molar-refractivity contribution in [2.24, 2.45) is 4.99 Å². The number of anilines is 3. The van der Waals surface area contributed by atoms with Gasteiger partial charge in [0, 0.05) is 24.7 Å². The van der Waals surface area contributed by atoms with E-state index in [-0.39, 0.29) is 6.79 Å². The lowest BCUT2D eigenvalue weighted by Crippen LogP contribution is -2.40. The number of allylic oxidation sites excluding steroid dienone is 2. The summed E-state index contributed by atoms with van der Waals surface area (Å²) in [5.74, 6) is 5.94. The fourth-order valence-corrected chi connectivity index (χ4v) is 4.07. The average molecular weight is 411 g/mol. The number of fused-ring (bicyclic) bond motifs is 2. The summed E-state index contributed by atoms with van der Waals surface area (Å²) in [7, 11) is 0. The molecular weight excluding hydrogens is 392 g/mol. The van der Waals surface area contributed by atoms with Gasteiger partial charge in [0.15, 0.2) is 5.76 Å². The number of pyridine rings is 1. The first-order valence-electron chi connectivity index (χ1n) is 10.3. The van der Waals surface area contributed by atoms with Crippen molar-refractivity contribution in [2.45, 2.75) is 25.8 Å². The standard InChI is InChI=1S/C23H19N6O2/c1-15-4-3-10-28(15)22-6-2-5-21(26-22)25-18-13-17(27-29-11-9-24-23(18)29)16-7-8-19-20(12-16)31-14-30-19/h2,5-6,9,12-13,15H,3-4,10,14H2,1H3,(H,25,26)/q+1. The van der Waals surface area contributed by atoms with Gasteiger partial charge in [-0.3, -0.25) is 0 Å². The van der Waals surface area contributed by atoms with Gasteiger partial charge in [-0.1, -0.05) is 16.9 Å². The number of nitrogens with zero attached hydrogens (tertiary/aromatic N) is 5. The summed E-state index contributed by atoms with van der Waals surface area (Å²) in [6, 6.07) is 8.45. The van der Waals surface area contributed by atoms with Crippen molar-refractivity contribution in [3.05, 3.63) is 76.6 Å². The predicted molar refractivity (Wildman–Crippen MR) is 111 cm³/mol. The zero-order valence-electron chi connectivity index (χ0n) is 16.9. The Morgan fingerprint density at radius 1 is 1.26 bits per heavy atom. The van der Waals surface area contributed by atoms with E-state index in [9.17, 15) is 0 Å². The average Bonchev–Trinajstić information content (AvgIpc) is 3.53. The Morgan fingerprint density at radius 3 is 3.13 bits per heavy atom. The molecule has 31 heavy (non-hydrogen) atoms. The highest BCUT2D eigenvalue weighted by Crippen LogP contribution is 2.28. The highest BCUT2D eigenvalue weighted by atomic mass is 16.7. The molecular formula is C23H19N6O2+. The molecule has 1 atom stereocenters. The molecule has 5 heterocycles. The van der Waals surface area contributed by atoms with Crippen molar-refractivity contribution in [1.29, 1.82) is 0 Å². The monoisotopic (exact) mass is 411 g/mol. The summed E-state index contributed by atoms with van der Waals surface area (Å²) in [6.07, 6.45) is 5.84. The fraction of sp³-hybridized carbons (Fsp3) is 0.261. The van der Waals surface area contributed by atoms with E-state index >= 15 is 0 Å². The predicted octanol–water partition coefficient (Wildman–Crippen LogP) is 2.18. The lowest BCUT2D eigenvalue weighted by atomic mass is 10.1. The molecule has 1 N–H and O–H groups in total. The van der Waals surface area contributed by atoms with Crippen LogP contribution in [0.4, 0.5) is 17.3 Å². The highest BCUT2D eigenvalue weighted by molar-refractivity contribution is 5.75. The van der Waals surface area contributed by atoms with E-state index in [0.717, 1.165) is 29.4 Å². The second-order valence-corrected chi connectivity index (χ2v) is 7.66. The molecule has 2 fully saturated rings. The maximum absolute atomic E-state index is 5.47. The zero-order chi connectivity index (χ0) is 20.8. The molecule has 3 aliphatic heterocycles. The quantitative estimate of drug-likeness (QED) is 0.614. The van der Waals surface area contributed by atoms with E-state index < -0.39 is 0 Å². The van der Waals surface area contributed by atoms with Crippen LogP contribution in [0.1, 0.15) is 25.5 Å². The minimum absolute atomic E-state index is 0.190. The van der Waals surface area contributed by atoms with Crippen molar-refractivity contribution >= 4 is 22.9 Å². The molecule has 0 aromatic carbocycles. The molecule has 0 saturated carbocycles. The van der Waals surface area contributed by atoms with Crippen LogP contribution in [0.3, 0.4) is 0 Å². The lowest BCUT2D eigenvalue weighted by Gasteiger charge is -2.22. The summed E-state index contributed by atoms with van der Waals surface area (Å²) >= 11 is 0. The third kappa shape index (κ3) is 3.12.